The Bertz CT molecular complexity index is 819. The van der Waals surface area contributed by atoms with E-state index in [0.717, 1.165) is 22.3 Å². The third-order valence-electron chi connectivity index (χ3n) is 3.58. The zero-order valence-corrected chi connectivity index (χ0v) is 15.3. The van der Waals surface area contributed by atoms with Crippen LogP contribution in [0.25, 0.3) is 0 Å². The van der Waals surface area contributed by atoms with E-state index in [-0.39, 0.29) is 0 Å². The Morgan fingerprint density at radius 2 is 1.08 bits per heavy atom. The van der Waals surface area contributed by atoms with Gasteiger partial charge in [-0.25, -0.2) is 0 Å². The molecule has 0 bridgehead atoms. The van der Waals surface area contributed by atoms with E-state index in [2.05, 4.69) is 35.5 Å². The van der Waals surface area contributed by atoms with Gasteiger partial charge < -0.3 is 9.47 Å². The second-order valence-corrected chi connectivity index (χ2v) is 5.40. The third kappa shape index (κ3) is 6.51. The highest BCUT2D eigenvalue weighted by atomic mass is 16.5. The summed E-state index contributed by atoms with van der Waals surface area (Å²) in [5.41, 5.74) is 4.05. The van der Waals surface area contributed by atoms with Gasteiger partial charge in [0.25, 0.3) is 0 Å². The molecule has 0 radical (unpaired) electrons. The van der Waals surface area contributed by atoms with Crippen molar-refractivity contribution in [2.75, 3.05) is 13.2 Å². The Labute approximate surface area is 156 Å². The van der Waals surface area contributed by atoms with Gasteiger partial charge in [-0.2, -0.15) is 0 Å². The van der Waals surface area contributed by atoms with E-state index in [1.807, 2.05) is 48.5 Å². The van der Waals surface area contributed by atoms with Crippen molar-refractivity contribution in [1.82, 2.24) is 0 Å². The lowest BCUT2D eigenvalue weighted by atomic mass is 10.1. The summed E-state index contributed by atoms with van der Waals surface area (Å²) in [4.78, 5) is 0. The van der Waals surface area contributed by atoms with Gasteiger partial charge in [-0.05, 0) is 37.1 Å². The molecule has 0 atom stereocenters. The maximum atomic E-state index is 5.58. The van der Waals surface area contributed by atoms with Crippen LogP contribution in [0.5, 0.6) is 0 Å². The Morgan fingerprint density at radius 3 is 1.50 bits per heavy atom. The van der Waals surface area contributed by atoms with E-state index in [1.165, 1.54) is 0 Å². The van der Waals surface area contributed by atoms with E-state index >= 15 is 0 Å². The molecule has 2 nitrogen and oxygen atoms in total. The molecule has 2 aromatic rings. The number of benzene rings is 2. The molecule has 2 rings (SSSR count). The van der Waals surface area contributed by atoms with E-state index in [1.54, 1.807) is 13.8 Å². The summed E-state index contributed by atoms with van der Waals surface area (Å²) >= 11 is 0. The first kappa shape index (κ1) is 19.4. The molecule has 0 heterocycles. The smallest absolute Gasteiger partial charge is 0.108 e. The Hall–Kier alpha value is -2.96. The van der Waals surface area contributed by atoms with Gasteiger partial charge in [0.2, 0.25) is 0 Å². The van der Waals surface area contributed by atoms with Crippen molar-refractivity contribution in [3.05, 3.63) is 70.8 Å². The van der Waals surface area contributed by atoms with Crippen molar-refractivity contribution in [1.29, 1.82) is 0 Å². The Morgan fingerprint density at radius 1 is 0.654 bits per heavy atom. The summed E-state index contributed by atoms with van der Waals surface area (Å²) in [5, 5.41) is 0. The van der Waals surface area contributed by atoms with Gasteiger partial charge in [0.1, 0.15) is 13.2 Å². The zero-order chi connectivity index (χ0) is 18.5. The van der Waals surface area contributed by atoms with Crippen LogP contribution in [-0.4, -0.2) is 13.2 Å². The molecule has 0 saturated heterocycles. The largest absolute Gasteiger partial charge is 0.364 e. The van der Waals surface area contributed by atoms with Gasteiger partial charge >= 0.3 is 0 Å². The van der Waals surface area contributed by atoms with E-state index in [4.69, 9.17) is 9.47 Å². The summed E-state index contributed by atoms with van der Waals surface area (Å²) in [6.45, 7) is 5.47. The van der Waals surface area contributed by atoms with Crippen LogP contribution in [0.2, 0.25) is 0 Å². The number of hydrogen-bond acceptors (Lipinski definition) is 2. The minimum atomic E-state index is 0.430. The summed E-state index contributed by atoms with van der Waals surface area (Å²) in [6.07, 6.45) is 0. The Balaban J connectivity index is 2.13. The highest BCUT2D eigenvalue weighted by molar-refractivity contribution is 5.48. The molecule has 130 valence electrons. The highest BCUT2D eigenvalue weighted by Crippen LogP contribution is 2.12. The molecule has 0 unspecified atom stereocenters. The average Bonchev–Trinajstić information content (AvgIpc) is 2.68. The van der Waals surface area contributed by atoms with Gasteiger partial charge in [-0.15, -0.1) is 11.8 Å². The lowest BCUT2D eigenvalue weighted by Gasteiger charge is -2.05. The van der Waals surface area contributed by atoms with Gasteiger partial charge in [-0.1, -0.05) is 60.1 Å². The number of hydrogen-bond donors (Lipinski definition) is 0. The van der Waals surface area contributed by atoms with Crippen molar-refractivity contribution in [3.63, 3.8) is 0 Å². The summed E-state index contributed by atoms with van der Waals surface area (Å²) in [6, 6.07) is 16.0. The molecule has 0 amide bonds. The highest BCUT2D eigenvalue weighted by Gasteiger charge is 2.01. The minimum absolute atomic E-state index is 0.430. The molecule has 0 aliphatic carbocycles. The van der Waals surface area contributed by atoms with Crippen LogP contribution < -0.4 is 0 Å². The summed E-state index contributed by atoms with van der Waals surface area (Å²) in [7, 11) is 0. The van der Waals surface area contributed by atoms with Crippen molar-refractivity contribution in [3.8, 4) is 35.5 Å². The molecule has 0 aliphatic rings. The fourth-order valence-corrected chi connectivity index (χ4v) is 2.24. The first-order chi connectivity index (χ1) is 12.8. The van der Waals surface area contributed by atoms with Gasteiger partial charge in [0.05, 0.1) is 13.2 Å². The monoisotopic (exact) mass is 342 g/mol. The quantitative estimate of drug-likeness (QED) is 0.579. The van der Waals surface area contributed by atoms with Crippen LogP contribution in [-0.2, 0) is 22.7 Å². The van der Waals surface area contributed by atoms with Crippen LogP contribution in [0.1, 0.15) is 36.1 Å². The molecular formula is C24H22O2. The molecule has 0 saturated carbocycles. The van der Waals surface area contributed by atoms with Crippen LogP contribution in [0, 0.1) is 35.5 Å². The lowest BCUT2D eigenvalue weighted by Crippen LogP contribution is -1.97. The summed E-state index contributed by atoms with van der Waals surface area (Å²) in [5.74, 6) is 18.0. The van der Waals surface area contributed by atoms with E-state index in [0.29, 0.717) is 26.4 Å². The molecule has 0 spiro atoms. The predicted molar refractivity (Wildman–Crippen MR) is 105 cm³/mol. The second kappa shape index (κ2) is 11.6. The fraction of sp³-hybridized carbons (Fsp3) is 0.250. The Kier molecular flexibility index (Phi) is 8.62. The number of ether oxygens (including phenoxy) is 2. The maximum Gasteiger partial charge on any atom is 0.108 e. The molecular weight excluding hydrogens is 320 g/mol. The summed E-state index contributed by atoms with van der Waals surface area (Å²) < 4.78 is 11.2. The SMILES string of the molecule is CC#CCOCc1ccccc1C#Cc1ccccc1COCC#CC. The normalized spacial score (nSPS) is 9.15. The maximum absolute atomic E-state index is 5.58. The first-order valence-corrected chi connectivity index (χ1v) is 8.47. The first-order valence-electron chi connectivity index (χ1n) is 8.47. The van der Waals surface area contributed by atoms with Gasteiger partial charge in [0, 0.05) is 11.1 Å². The molecule has 0 fully saturated rings. The van der Waals surface area contributed by atoms with Crippen molar-refractivity contribution < 1.29 is 9.47 Å². The number of rotatable bonds is 6. The van der Waals surface area contributed by atoms with Gasteiger partial charge in [-0.3, -0.25) is 0 Å². The molecule has 2 aromatic carbocycles. The molecule has 0 aliphatic heterocycles. The van der Waals surface area contributed by atoms with Crippen molar-refractivity contribution >= 4 is 0 Å². The standard InChI is InChI=1S/C24H22O2/c1-3-5-17-25-19-23-13-9-7-11-21(23)15-16-22-12-8-10-14-24(22)20-26-18-6-4-2/h7-14H,17-20H2,1-2H3. The van der Waals surface area contributed by atoms with Crippen molar-refractivity contribution in [2.24, 2.45) is 0 Å². The zero-order valence-electron chi connectivity index (χ0n) is 15.3. The van der Waals surface area contributed by atoms with Crippen LogP contribution >= 0.6 is 0 Å². The molecule has 2 heteroatoms. The van der Waals surface area contributed by atoms with Crippen LogP contribution in [0.4, 0.5) is 0 Å². The fourth-order valence-electron chi connectivity index (χ4n) is 2.24. The lowest BCUT2D eigenvalue weighted by molar-refractivity contribution is 0.153. The molecule has 26 heavy (non-hydrogen) atoms. The van der Waals surface area contributed by atoms with Crippen LogP contribution in [0.15, 0.2) is 48.5 Å². The predicted octanol–water partition coefficient (Wildman–Crippen LogP) is 4.17. The third-order valence-corrected chi connectivity index (χ3v) is 3.58. The van der Waals surface area contributed by atoms with E-state index in [9.17, 15) is 0 Å². The second-order valence-electron chi connectivity index (χ2n) is 5.40. The average molecular weight is 342 g/mol. The topological polar surface area (TPSA) is 18.5 Å². The molecule has 0 aromatic heterocycles. The van der Waals surface area contributed by atoms with Crippen molar-refractivity contribution in [2.45, 2.75) is 27.1 Å². The van der Waals surface area contributed by atoms with E-state index < -0.39 is 0 Å². The van der Waals surface area contributed by atoms with Gasteiger partial charge in [0.15, 0.2) is 0 Å². The minimum Gasteiger partial charge on any atom is -0.364 e. The molecule has 0 N–H and O–H groups in total. The van der Waals surface area contributed by atoms with Crippen LogP contribution in [0.3, 0.4) is 0 Å².